The van der Waals surface area contributed by atoms with Crippen molar-refractivity contribution in [1.29, 1.82) is 0 Å². The topological polar surface area (TPSA) is 163 Å². The molecule has 2 aromatic carbocycles. The van der Waals surface area contributed by atoms with Crippen LogP contribution in [0.25, 0.3) is 0 Å². The molecule has 2 saturated heterocycles. The Morgan fingerprint density at radius 2 is 1.67 bits per heavy atom. The molecule has 2 bridgehead atoms. The maximum Gasteiger partial charge on any atom is 0.277 e. The SMILES string of the molecule is O=C(N/N=C1/[C@H]2OC[C@@H](O2)[C@@H]2[C@@H](C(=O)c3ccccc3)[C@H]12)c1cc([N+](=O)[O-])cc([N+](=O)[O-])c1. The summed E-state index contributed by atoms with van der Waals surface area (Å²) >= 11 is 0. The molecule has 2 aliphatic heterocycles. The minimum Gasteiger partial charge on any atom is -0.344 e. The van der Waals surface area contributed by atoms with E-state index >= 15 is 0 Å². The van der Waals surface area contributed by atoms with Crippen LogP contribution < -0.4 is 5.43 Å². The summed E-state index contributed by atoms with van der Waals surface area (Å²) in [5.74, 6) is -1.69. The third-order valence-corrected chi connectivity index (χ3v) is 6.03. The predicted molar refractivity (Wildman–Crippen MR) is 111 cm³/mol. The monoisotopic (exact) mass is 452 g/mol. The Morgan fingerprint density at radius 1 is 1.00 bits per heavy atom. The fraction of sp³-hybridized carbons (Fsp3) is 0.286. The van der Waals surface area contributed by atoms with E-state index in [2.05, 4.69) is 10.5 Å². The third kappa shape index (κ3) is 3.64. The molecule has 12 nitrogen and oxygen atoms in total. The van der Waals surface area contributed by atoms with Gasteiger partial charge in [-0.1, -0.05) is 30.3 Å². The molecule has 12 heteroatoms. The van der Waals surface area contributed by atoms with Crippen molar-refractivity contribution in [2.45, 2.75) is 12.4 Å². The highest BCUT2D eigenvalue weighted by Gasteiger charge is 2.67. The lowest BCUT2D eigenvalue weighted by Gasteiger charge is -2.18. The minimum atomic E-state index is -0.877. The van der Waals surface area contributed by atoms with Gasteiger partial charge in [-0.3, -0.25) is 29.8 Å². The molecule has 3 aliphatic rings. The van der Waals surface area contributed by atoms with Crippen LogP contribution in [-0.4, -0.2) is 46.2 Å². The van der Waals surface area contributed by atoms with Gasteiger partial charge in [0.1, 0.15) is 0 Å². The van der Waals surface area contributed by atoms with Crippen molar-refractivity contribution in [2.75, 3.05) is 6.61 Å². The van der Waals surface area contributed by atoms with Gasteiger partial charge in [-0.15, -0.1) is 0 Å². The molecule has 3 fully saturated rings. The zero-order valence-electron chi connectivity index (χ0n) is 16.8. The summed E-state index contributed by atoms with van der Waals surface area (Å²) in [6.07, 6.45) is -1.06. The molecule has 1 amide bonds. The zero-order chi connectivity index (χ0) is 23.3. The van der Waals surface area contributed by atoms with E-state index < -0.39 is 33.4 Å². The van der Waals surface area contributed by atoms with Crippen molar-refractivity contribution >= 4 is 28.8 Å². The van der Waals surface area contributed by atoms with Gasteiger partial charge >= 0.3 is 0 Å². The van der Waals surface area contributed by atoms with Gasteiger partial charge < -0.3 is 9.47 Å². The Hall–Kier alpha value is -4.03. The van der Waals surface area contributed by atoms with E-state index in [1.807, 2.05) is 6.07 Å². The maximum absolute atomic E-state index is 13.0. The molecular formula is C21H16N4O8. The van der Waals surface area contributed by atoms with Crippen molar-refractivity contribution < 1.29 is 28.9 Å². The molecule has 1 saturated carbocycles. The number of fused-ring (bicyclic) bond motifs is 4. The summed E-state index contributed by atoms with van der Waals surface area (Å²) in [5, 5.41) is 26.2. The summed E-state index contributed by atoms with van der Waals surface area (Å²) in [7, 11) is 0. The number of rotatable bonds is 6. The largest absolute Gasteiger partial charge is 0.344 e. The molecule has 1 N–H and O–H groups in total. The fourth-order valence-electron chi connectivity index (χ4n) is 4.49. The second-order valence-electron chi connectivity index (χ2n) is 7.93. The average molecular weight is 452 g/mol. The lowest BCUT2D eigenvalue weighted by molar-refractivity contribution is -0.394. The van der Waals surface area contributed by atoms with Crippen molar-refractivity contribution in [3.63, 3.8) is 0 Å². The number of ether oxygens (including phenoxy) is 2. The second kappa shape index (κ2) is 7.83. The number of ketones is 1. The summed E-state index contributed by atoms with van der Waals surface area (Å²) in [6, 6.07) is 11.4. The van der Waals surface area contributed by atoms with Crippen LogP contribution >= 0.6 is 0 Å². The minimum absolute atomic E-state index is 0.0462. The highest BCUT2D eigenvalue weighted by atomic mass is 16.7. The van der Waals surface area contributed by atoms with Gasteiger partial charge in [0.05, 0.1) is 39.9 Å². The molecule has 1 aliphatic carbocycles. The molecule has 168 valence electrons. The second-order valence-corrected chi connectivity index (χ2v) is 7.93. The Morgan fingerprint density at radius 3 is 2.30 bits per heavy atom. The van der Waals surface area contributed by atoms with E-state index in [1.54, 1.807) is 24.3 Å². The maximum atomic E-state index is 13.0. The van der Waals surface area contributed by atoms with E-state index in [-0.39, 0.29) is 35.2 Å². The Bertz CT molecular complexity index is 1180. The van der Waals surface area contributed by atoms with Crippen molar-refractivity contribution in [1.82, 2.24) is 5.43 Å². The summed E-state index contributed by atoms with van der Waals surface area (Å²) in [4.78, 5) is 46.1. The molecule has 0 unspecified atom stereocenters. The number of amides is 1. The van der Waals surface area contributed by atoms with E-state index in [9.17, 15) is 29.8 Å². The first-order valence-corrected chi connectivity index (χ1v) is 10.0. The average Bonchev–Trinajstić information content (AvgIpc) is 3.42. The molecule has 0 aromatic heterocycles. The van der Waals surface area contributed by atoms with Crippen LogP contribution in [0, 0.1) is 38.0 Å². The van der Waals surface area contributed by atoms with Gasteiger partial charge in [0.15, 0.2) is 12.1 Å². The number of benzene rings is 2. The van der Waals surface area contributed by atoms with E-state index in [4.69, 9.17) is 9.47 Å². The lowest BCUT2D eigenvalue weighted by Crippen LogP contribution is -2.33. The smallest absolute Gasteiger partial charge is 0.277 e. The molecule has 0 radical (unpaired) electrons. The summed E-state index contributed by atoms with van der Waals surface area (Å²) < 4.78 is 11.4. The van der Waals surface area contributed by atoms with Crippen LogP contribution in [0.4, 0.5) is 11.4 Å². The van der Waals surface area contributed by atoms with Gasteiger partial charge in [0.2, 0.25) is 0 Å². The molecule has 2 aromatic rings. The van der Waals surface area contributed by atoms with Gasteiger partial charge in [-0.05, 0) is 0 Å². The lowest BCUT2D eigenvalue weighted by atomic mass is 10.0. The quantitative estimate of drug-likeness (QED) is 0.395. The molecule has 0 spiro atoms. The van der Waals surface area contributed by atoms with Crippen molar-refractivity contribution in [3.05, 3.63) is 79.9 Å². The first-order chi connectivity index (χ1) is 15.8. The number of nitro benzene ring substituents is 2. The fourth-order valence-corrected chi connectivity index (χ4v) is 4.49. The first-order valence-electron chi connectivity index (χ1n) is 10.0. The molecule has 2 heterocycles. The Kier molecular flexibility index (Phi) is 4.95. The number of nitrogens with one attached hydrogen (secondary N) is 1. The molecular weight excluding hydrogens is 436 g/mol. The highest BCUT2D eigenvalue weighted by molar-refractivity contribution is 6.07. The van der Waals surface area contributed by atoms with Crippen LogP contribution in [0.1, 0.15) is 20.7 Å². The number of non-ortho nitro benzene ring substituents is 2. The van der Waals surface area contributed by atoms with Crippen LogP contribution in [0.5, 0.6) is 0 Å². The number of Topliss-reactive ketones (excluding diaryl/α,β-unsaturated/α-hetero) is 1. The van der Waals surface area contributed by atoms with Crippen molar-refractivity contribution in [2.24, 2.45) is 22.9 Å². The van der Waals surface area contributed by atoms with Crippen LogP contribution in [-0.2, 0) is 9.47 Å². The number of nitrogens with zero attached hydrogens (tertiary/aromatic N) is 3. The van der Waals surface area contributed by atoms with E-state index in [0.717, 1.165) is 18.2 Å². The molecule has 33 heavy (non-hydrogen) atoms. The number of carbonyl (C=O) groups is 2. The van der Waals surface area contributed by atoms with Gasteiger partial charge in [0.25, 0.3) is 17.3 Å². The van der Waals surface area contributed by atoms with Crippen LogP contribution in [0.3, 0.4) is 0 Å². The van der Waals surface area contributed by atoms with Gasteiger partial charge in [-0.25, -0.2) is 5.43 Å². The number of hydrogen-bond acceptors (Lipinski definition) is 9. The molecule has 5 atom stereocenters. The Balaban J connectivity index is 1.39. The number of carbonyl (C=O) groups excluding carboxylic acids is 2. The molecule has 5 rings (SSSR count). The predicted octanol–water partition coefficient (Wildman–Crippen LogP) is 2.09. The summed E-state index contributed by atoms with van der Waals surface area (Å²) in [6.45, 7) is 0.300. The zero-order valence-corrected chi connectivity index (χ0v) is 16.8. The standard InChI is InChI=1S/C21H16N4O8/c26-19(10-4-2-1-3-5-10)17-15-14-9-32-21(33-14)18(16(15)17)22-23-20(27)11-6-12(24(28)29)8-13(7-11)25(30)31/h1-8,14-17,21H,9H2,(H,23,27)/b22-18+/t14-,15+,16-,17-,21+/m1/s1. The van der Waals surface area contributed by atoms with E-state index in [0.29, 0.717) is 17.9 Å². The van der Waals surface area contributed by atoms with Gasteiger partial charge in [0, 0.05) is 35.4 Å². The first kappa shape index (κ1) is 20.8. The highest BCUT2D eigenvalue weighted by Crippen LogP contribution is 2.57. The van der Waals surface area contributed by atoms with Crippen LogP contribution in [0.15, 0.2) is 53.6 Å². The Labute approximate surface area is 185 Å². The normalized spacial score (nSPS) is 28.1. The van der Waals surface area contributed by atoms with E-state index in [1.165, 1.54) is 0 Å². The number of hydrogen-bond donors (Lipinski definition) is 1. The summed E-state index contributed by atoms with van der Waals surface area (Å²) in [5.41, 5.74) is 1.69. The third-order valence-electron chi connectivity index (χ3n) is 6.03. The number of nitro groups is 2. The van der Waals surface area contributed by atoms with Gasteiger partial charge in [-0.2, -0.15) is 5.10 Å². The van der Waals surface area contributed by atoms with Crippen LogP contribution in [0.2, 0.25) is 0 Å². The van der Waals surface area contributed by atoms with Crippen molar-refractivity contribution in [3.8, 4) is 0 Å². The number of hydrazone groups is 1.